The molecule has 4 heteroatoms. The molecule has 0 heterocycles. The van der Waals surface area contributed by atoms with Crippen LogP contribution in [0.1, 0.15) is 45.9 Å². The molecule has 1 amide bonds. The molecule has 0 spiro atoms. The molecule has 0 aromatic heterocycles. The molecule has 148 valence electrons. The predicted octanol–water partition coefficient (Wildman–Crippen LogP) is 5.08. The van der Waals surface area contributed by atoms with Gasteiger partial charge in [0, 0.05) is 11.6 Å². The summed E-state index contributed by atoms with van der Waals surface area (Å²) in [6, 6.07) is 23.6. The fraction of sp³-hybridized carbons (Fsp3) is 0.240. The van der Waals surface area contributed by atoms with Crippen molar-refractivity contribution < 1.29 is 14.3 Å². The summed E-state index contributed by atoms with van der Waals surface area (Å²) in [4.78, 5) is 12.7. The Balaban J connectivity index is 1.37. The summed E-state index contributed by atoms with van der Waals surface area (Å²) < 4.78 is 11.0. The van der Waals surface area contributed by atoms with E-state index in [0.29, 0.717) is 12.2 Å². The Labute approximate surface area is 171 Å². The molecule has 1 atom stereocenters. The number of ether oxygens (including phenoxy) is 2. The highest BCUT2D eigenvalue weighted by molar-refractivity contribution is 5.94. The fourth-order valence-electron chi connectivity index (χ4n) is 3.76. The van der Waals surface area contributed by atoms with Gasteiger partial charge >= 0.3 is 0 Å². The fourth-order valence-corrected chi connectivity index (χ4v) is 3.76. The lowest BCUT2D eigenvalue weighted by atomic mass is 9.87. The number of amides is 1. The van der Waals surface area contributed by atoms with Gasteiger partial charge in [-0.25, -0.2) is 0 Å². The van der Waals surface area contributed by atoms with E-state index in [1.807, 2.05) is 54.6 Å². The van der Waals surface area contributed by atoms with Gasteiger partial charge in [-0.2, -0.15) is 0 Å². The van der Waals surface area contributed by atoms with Crippen molar-refractivity contribution in [2.24, 2.45) is 0 Å². The molecule has 0 radical (unpaired) electrons. The van der Waals surface area contributed by atoms with Gasteiger partial charge < -0.3 is 14.8 Å². The van der Waals surface area contributed by atoms with Crippen molar-refractivity contribution >= 4 is 5.91 Å². The van der Waals surface area contributed by atoms with E-state index in [1.54, 1.807) is 7.11 Å². The molecule has 1 aliphatic rings. The monoisotopic (exact) mass is 387 g/mol. The number of benzene rings is 3. The second kappa shape index (κ2) is 8.82. The van der Waals surface area contributed by atoms with Crippen LogP contribution < -0.4 is 14.8 Å². The van der Waals surface area contributed by atoms with Crippen molar-refractivity contribution in [2.75, 3.05) is 7.11 Å². The van der Waals surface area contributed by atoms with Crippen molar-refractivity contribution in [3.05, 3.63) is 95.1 Å². The van der Waals surface area contributed by atoms with E-state index in [4.69, 9.17) is 9.47 Å². The van der Waals surface area contributed by atoms with Crippen molar-refractivity contribution in [2.45, 2.75) is 31.9 Å². The summed E-state index contributed by atoms with van der Waals surface area (Å²) in [5.41, 5.74) is 4.26. The standard InChI is InChI=1S/C25H25NO3/c1-28-21-8-5-9-22(16-21)29-17-18-12-14-20(15-13-18)25(27)26-24-11-4-7-19-6-2-3-10-23(19)24/h2-3,5-6,8-10,12-16,24H,4,7,11,17H2,1H3,(H,26,27). The van der Waals surface area contributed by atoms with Gasteiger partial charge in [0.2, 0.25) is 0 Å². The zero-order chi connectivity index (χ0) is 20.1. The van der Waals surface area contributed by atoms with E-state index in [9.17, 15) is 4.79 Å². The minimum atomic E-state index is -0.0352. The van der Waals surface area contributed by atoms with Crippen LogP contribution in [0.25, 0.3) is 0 Å². The molecule has 1 N–H and O–H groups in total. The Kier molecular flexibility index (Phi) is 5.80. The molecule has 0 fully saturated rings. The number of hydrogen-bond acceptors (Lipinski definition) is 3. The third-order valence-electron chi connectivity index (χ3n) is 5.34. The van der Waals surface area contributed by atoms with Crippen LogP contribution in [0.5, 0.6) is 11.5 Å². The van der Waals surface area contributed by atoms with E-state index < -0.39 is 0 Å². The number of hydrogen-bond donors (Lipinski definition) is 1. The highest BCUT2D eigenvalue weighted by Crippen LogP contribution is 2.29. The third kappa shape index (κ3) is 4.60. The van der Waals surface area contributed by atoms with Crippen LogP contribution >= 0.6 is 0 Å². The van der Waals surface area contributed by atoms with Crippen LogP contribution in [-0.4, -0.2) is 13.0 Å². The molecular formula is C25H25NO3. The summed E-state index contributed by atoms with van der Waals surface area (Å²) in [6.45, 7) is 0.436. The van der Waals surface area contributed by atoms with Crippen molar-refractivity contribution in [1.29, 1.82) is 0 Å². The average molecular weight is 387 g/mol. The lowest BCUT2D eigenvalue weighted by Crippen LogP contribution is -2.30. The van der Waals surface area contributed by atoms with Crippen molar-refractivity contribution in [1.82, 2.24) is 5.32 Å². The Morgan fingerprint density at radius 2 is 1.79 bits per heavy atom. The number of aryl methyl sites for hydroxylation is 1. The van der Waals surface area contributed by atoms with Gasteiger partial charge in [0.25, 0.3) is 5.91 Å². The molecule has 4 nitrogen and oxygen atoms in total. The summed E-state index contributed by atoms with van der Waals surface area (Å²) in [5.74, 6) is 1.48. The number of carbonyl (C=O) groups excluding carboxylic acids is 1. The van der Waals surface area contributed by atoms with E-state index >= 15 is 0 Å². The zero-order valence-electron chi connectivity index (χ0n) is 16.6. The molecule has 0 saturated carbocycles. The highest BCUT2D eigenvalue weighted by Gasteiger charge is 2.21. The Hall–Kier alpha value is -3.27. The largest absolute Gasteiger partial charge is 0.497 e. The number of fused-ring (bicyclic) bond motifs is 1. The molecule has 3 aromatic carbocycles. The summed E-state index contributed by atoms with van der Waals surface area (Å²) in [5, 5.41) is 3.20. The molecule has 3 aromatic rings. The molecule has 0 saturated heterocycles. The Morgan fingerprint density at radius 1 is 1.00 bits per heavy atom. The van der Waals surface area contributed by atoms with Crippen LogP contribution in [0.15, 0.2) is 72.8 Å². The van der Waals surface area contributed by atoms with Gasteiger partial charge in [-0.3, -0.25) is 4.79 Å². The van der Waals surface area contributed by atoms with Crippen LogP contribution in [0, 0.1) is 0 Å². The normalized spacial score (nSPS) is 15.3. The topological polar surface area (TPSA) is 47.6 Å². The molecular weight excluding hydrogens is 362 g/mol. The van der Waals surface area contributed by atoms with Gasteiger partial charge in [-0.1, -0.05) is 42.5 Å². The molecule has 0 aliphatic heterocycles. The second-order valence-corrected chi connectivity index (χ2v) is 7.28. The van der Waals surface area contributed by atoms with Crippen LogP contribution in [0.4, 0.5) is 0 Å². The highest BCUT2D eigenvalue weighted by atomic mass is 16.5. The summed E-state index contributed by atoms with van der Waals surface area (Å²) in [6.07, 6.45) is 3.17. The minimum Gasteiger partial charge on any atom is -0.497 e. The van der Waals surface area contributed by atoms with Gasteiger partial charge in [-0.05, 0) is 60.2 Å². The predicted molar refractivity (Wildman–Crippen MR) is 113 cm³/mol. The van der Waals surface area contributed by atoms with Crippen LogP contribution in [0.2, 0.25) is 0 Å². The van der Waals surface area contributed by atoms with Gasteiger partial charge in [0.05, 0.1) is 13.2 Å². The summed E-state index contributed by atoms with van der Waals surface area (Å²) >= 11 is 0. The van der Waals surface area contributed by atoms with E-state index in [0.717, 1.165) is 36.3 Å². The maximum Gasteiger partial charge on any atom is 0.251 e. The lowest BCUT2D eigenvalue weighted by molar-refractivity contribution is 0.0932. The molecule has 1 aliphatic carbocycles. The zero-order valence-corrected chi connectivity index (χ0v) is 16.6. The van der Waals surface area contributed by atoms with Crippen LogP contribution in [0.3, 0.4) is 0 Å². The van der Waals surface area contributed by atoms with E-state index in [2.05, 4.69) is 23.5 Å². The number of carbonyl (C=O) groups is 1. The first-order valence-corrected chi connectivity index (χ1v) is 9.97. The van der Waals surface area contributed by atoms with Gasteiger partial charge in [0.15, 0.2) is 0 Å². The SMILES string of the molecule is COc1cccc(OCc2ccc(C(=O)NC3CCCc4ccccc43)cc2)c1. The number of nitrogens with one attached hydrogen (secondary N) is 1. The first kappa shape index (κ1) is 19.1. The van der Waals surface area contributed by atoms with Gasteiger partial charge in [-0.15, -0.1) is 0 Å². The quantitative estimate of drug-likeness (QED) is 0.641. The van der Waals surface area contributed by atoms with Gasteiger partial charge in [0.1, 0.15) is 18.1 Å². The lowest BCUT2D eigenvalue weighted by Gasteiger charge is -2.26. The van der Waals surface area contributed by atoms with E-state index in [-0.39, 0.29) is 11.9 Å². The average Bonchev–Trinajstić information content (AvgIpc) is 2.78. The number of rotatable bonds is 6. The molecule has 1 unspecified atom stereocenters. The minimum absolute atomic E-state index is 0.0352. The molecule has 29 heavy (non-hydrogen) atoms. The third-order valence-corrected chi connectivity index (χ3v) is 5.34. The van der Waals surface area contributed by atoms with Crippen molar-refractivity contribution in [3.8, 4) is 11.5 Å². The maximum absolute atomic E-state index is 12.7. The van der Waals surface area contributed by atoms with Crippen LogP contribution in [-0.2, 0) is 13.0 Å². The first-order valence-electron chi connectivity index (χ1n) is 9.97. The Morgan fingerprint density at radius 3 is 2.62 bits per heavy atom. The molecule has 0 bridgehead atoms. The van der Waals surface area contributed by atoms with E-state index in [1.165, 1.54) is 11.1 Å². The second-order valence-electron chi connectivity index (χ2n) is 7.28. The summed E-state index contributed by atoms with van der Waals surface area (Å²) in [7, 11) is 1.63. The molecule has 4 rings (SSSR count). The smallest absolute Gasteiger partial charge is 0.251 e. The Bertz CT molecular complexity index is 981. The maximum atomic E-state index is 12.7. The van der Waals surface area contributed by atoms with Crippen molar-refractivity contribution in [3.63, 3.8) is 0 Å². The number of methoxy groups -OCH3 is 1. The first-order chi connectivity index (χ1) is 14.2.